The average molecular weight is 269 g/mol. The van der Waals surface area contributed by atoms with E-state index in [0.29, 0.717) is 29.2 Å². The molecule has 0 spiro atoms. The molecule has 0 aromatic heterocycles. The Kier molecular flexibility index (Phi) is 5.92. The third kappa shape index (κ3) is 3.30. The van der Waals surface area contributed by atoms with Crippen LogP contribution in [0.3, 0.4) is 0 Å². The van der Waals surface area contributed by atoms with Crippen molar-refractivity contribution in [1.82, 2.24) is 0 Å². The van der Waals surface area contributed by atoms with Crippen molar-refractivity contribution >= 4 is 0 Å². The van der Waals surface area contributed by atoms with E-state index in [1.54, 1.807) is 26.4 Å². The second kappa shape index (κ2) is 7.21. The van der Waals surface area contributed by atoms with Crippen LogP contribution in [0.2, 0.25) is 0 Å². The van der Waals surface area contributed by atoms with Gasteiger partial charge in [-0.1, -0.05) is 13.3 Å². The van der Waals surface area contributed by atoms with Gasteiger partial charge in [0.05, 0.1) is 33.5 Å². The van der Waals surface area contributed by atoms with Crippen molar-refractivity contribution < 1.29 is 19.3 Å². The third-order valence-electron chi connectivity index (χ3n) is 3.09. The molecule has 0 bridgehead atoms. The molecule has 0 saturated heterocycles. The highest BCUT2D eigenvalue weighted by Crippen LogP contribution is 2.42. The second-order valence-corrected chi connectivity index (χ2v) is 4.31. The van der Waals surface area contributed by atoms with E-state index in [-0.39, 0.29) is 0 Å². The maximum absolute atomic E-state index is 10.0. The SMILES string of the molecule is CCC[C@H](O)[C@H](N)c1ccc(OC)c(OC)c1OC. The van der Waals surface area contributed by atoms with Crippen LogP contribution >= 0.6 is 0 Å². The summed E-state index contributed by atoms with van der Waals surface area (Å²) in [6.45, 7) is 2.00. The zero-order valence-corrected chi connectivity index (χ0v) is 12.0. The highest BCUT2D eigenvalue weighted by atomic mass is 16.5. The van der Waals surface area contributed by atoms with Crippen LogP contribution in [0.15, 0.2) is 12.1 Å². The molecular weight excluding hydrogens is 246 g/mol. The van der Waals surface area contributed by atoms with Gasteiger partial charge in [-0.2, -0.15) is 0 Å². The van der Waals surface area contributed by atoms with Crippen LogP contribution in [0.4, 0.5) is 0 Å². The summed E-state index contributed by atoms with van der Waals surface area (Å²) in [7, 11) is 4.64. The Balaban J connectivity index is 3.20. The fourth-order valence-corrected chi connectivity index (χ4v) is 2.07. The first-order chi connectivity index (χ1) is 9.10. The number of hydrogen-bond acceptors (Lipinski definition) is 5. The van der Waals surface area contributed by atoms with Gasteiger partial charge in [0.25, 0.3) is 0 Å². The molecule has 1 aromatic rings. The van der Waals surface area contributed by atoms with E-state index in [9.17, 15) is 5.11 Å². The monoisotopic (exact) mass is 269 g/mol. The molecule has 3 N–H and O–H groups in total. The Bertz CT molecular complexity index is 409. The van der Waals surface area contributed by atoms with E-state index in [0.717, 1.165) is 6.42 Å². The van der Waals surface area contributed by atoms with Crippen molar-refractivity contribution in [3.05, 3.63) is 17.7 Å². The molecule has 0 saturated carbocycles. The molecule has 2 atom stereocenters. The Hall–Kier alpha value is -1.46. The van der Waals surface area contributed by atoms with Crippen LogP contribution in [0.5, 0.6) is 17.2 Å². The van der Waals surface area contributed by atoms with Crippen LogP contribution in [0.1, 0.15) is 31.4 Å². The molecule has 5 nitrogen and oxygen atoms in total. The van der Waals surface area contributed by atoms with Gasteiger partial charge in [0, 0.05) is 5.56 Å². The van der Waals surface area contributed by atoms with Crippen LogP contribution in [0.25, 0.3) is 0 Å². The molecule has 108 valence electrons. The average Bonchev–Trinajstić information content (AvgIpc) is 2.44. The number of aliphatic hydroxyl groups excluding tert-OH is 1. The summed E-state index contributed by atoms with van der Waals surface area (Å²) in [5, 5.41) is 10.0. The van der Waals surface area contributed by atoms with E-state index >= 15 is 0 Å². The molecule has 19 heavy (non-hydrogen) atoms. The van der Waals surface area contributed by atoms with Crippen molar-refractivity contribution in [1.29, 1.82) is 0 Å². The van der Waals surface area contributed by atoms with Crippen LogP contribution in [-0.2, 0) is 0 Å². The number of benzene rings is 1. The number of hydrogen-bond donors (Lipinski definition) is 2. The van der Waals surface area contributed by atoms with Crippen molar-refractivity contribution in [2.24, 2.45) is 5.73 Å². The summed E-state index contributed by atoms with van der Waals surface area (Å²) in [5.74, 6) is 1.56. The minimum Gasteiger partial charge on any atom is -0.493 e. The van der Waals surface area contributed by atoms with E-state index < -0.39 is 12.1 Å². The van der Waals surface area contributed by atoms with E-state index in [2.05, 4.69) is 0 Å². The highest BCUT2D eigenvalue weighted by molar-refractivity contribution is 5.56. The molecule has 0 heterocycles. The van der Waals surface area contributed by atoms with Gasteiger partial charge in [-0.05, 0) is 18.6 Å². The molecule has 0 aliphatic heterocycles. The van der Waals surface area contributed by atoms with Gasteiger partial charge in [0.15, 0.2) is 11.5 Å². The number of methoxy groups -OCH3 is 3. The van der Waals surface area contributed by atoms with Gasteiger partial charge in [-0.15, -0.1) is 0 Å². The molecule has 0 unspecified atom stereocenters. The Morgan fingerprint density at radius 2 is 1.74 bits per heavy atom. The maximum atomic E-state index is 10.0. The highest BCUT2D eigenvalue weighted by Gasteiger charge is 2.24. The predicted molar refractivity (Wildman–Crippen MR) is 73.9 cm³/mol. The molecule has 0 aliphatic carbocycles. The van der Waals surface area contributed by atoms with Crippen molar-refractivity contribution in [2.45, 2.75) is 31.9 Å². The Labute approximate surface area is 114 Å². The number of rotatable bonds is 7. The lowest BCUT2D eigenvalue weighted by atomic mass is 9.97. The largest absolute Gasteiger partial charge is 0.493 e. The molecule has 1 rings (SSSR count). The van der Waals surface area contributed by atoms with Crippen molar-refractivity contribution in [3.8, 4) is 17.2 Å². The number of nitrogens with two attached hydrogens (primary N) is 1. The second-order valence-electron chi connectivity index (χ2n) is 4.31. The van der Waals surface area contributed by atoms with Gasteiger partial charge in [-0.25, -0.2) is 0 Å². The van der Waals surface area contributed by atoms with E-state index in [1.165, 1.54) is 7.11 Å². The van der Waals surface area contributed by atoms with Gasteiger partial charge >= 0.3 is 0 Å². The Morgan fingerprint density at radius 1 is 1.11 bits per heavy atom. The molecule has 1 aromatic carbocycles. The summed E-state index contributed by atoms with van der Waals surface area (Å²) in [4.78, 5) is 0. The van der Waals surface area contributed by atoms with Crippen LogP contribution in [-0.4, -0.2) is 32.5 Å². The van der Waals surface area contributed by atoms with Gasteiger partial charge in [-0.3, -0.25) is 0 Å². The zero-order chi connectivity index (χ0) is 14.4. The smallest absolute Gasteiger partial charge is 0.203 e. The molecule has 0 radical (unpaired) electrons. The standard InChI is InChI=1S/C14H23NO4/c1-5-6-10(16)12(15)9-7-8-11(17-2)14(19-4)13(9)18-3/h7-8,10,12,16H,5-6,15H2,1-4H3/t10-,12+/m0/s1. The molecule has 0 fully saturated rings. The molecule has 5 heteroatoms. The quantitative estimate of drug-likeness (QED) is 0.790. The van der Waals surface area contributed by atoms with Gasteiger partial charge < -0.3 is 25.1 Å². The first-order valence-electron chi connectivity index (χ1n) is 6.33. The van der Waals surface area contributed by atoms with Crippen molar-refractivity contribution in [2.75, 3.05) is 21.3 Å². The van der Waals surface area contributed by atoms with E-state index in [4.69, 9.17) is 19.9 Å². The summed E-state index contributed by atoms with van der Waals surface area (Å²) in [5.41, 5.74) is 6.80. The minimum atomic E-state index is -0.614. The Morgan fingerprint density at radius 3 is 2.21 bits per heavy atom. The fraction of sp³-hybridized carbons (Fsp3) is 0.571. The fourth-order valence-electron chi connectivity index (χ4n) is 2.07. The summed E-state index contributed by atoms with van der Waals surface area (Å²) in [6, 6.07) is 3.04. The molecular formula is C14H23NO4. The lowest BCUT2D eigenvalue weighted by molar-refractivity contribution is 0.132. The summed E-state index contributed by atoms with van der Waals surface area (Å²) < 4.78 is 15.9. The van der Waals surface area contributed by atoms with Crippen molar-refractivity contribution in [3.63, 3.8) is 0 Å². The predicted octanol–water partition coefficient (Wildman–Crippen LogP) is 1.87. The van der Waals surface area contributed by atoms with Crippen LogP contribution < -0.4 is 19.9 Å². The third-order valence-corrected chi connectivity index (χ3v) is 3.09. The summed E-state index contributed by atoms with van der Waals surface area (Å²) in [6.07, 6.45) is 0.889. The molecule has 0 amide bonds. The summed E-state index contributed by atoms with van der Waals surface area (Å²) >= 11 is 0. The minimum absolute atomic E-state index is 0.488. The maximum Gasteiger partial charge on any atom is 0.203 e. The van der Waals surface area contributed by atoms with Gasteiger partial charge in [0.2, 0.25) is 5.75 Å². The molecule has 0 aliphatic rings. The number of ether oxygens (including phenoxy) is 3. The first kappa shape index (κ1) is 15.6. The van der Waals surface area contributed by atoms with Crippen LogP contribution in [0, 0.1) is 0 Å². The lowest BCUT2D eigenvalue weighted by Gasteiger charge is -2.23. The van der Waals surface area contributed by atoms with E-state index in [1.807, 2.05) is 6.92 Å². The topological polar surface area (TPSA) is 73.9 Å². The van der Waals surface area contributed by atoms with Gasteiger partial charge in [0.1, 0.15) is 0 Å². The zero-order valence-electron chi connectivity index (χ0n) is 12.0. The normalized spacial score (nSPS) is 13.8. The first-order valence-corrected chi connectivity index (χ1v) is 6.33. The number of aliphatic hydroxyl groups is 1. The lowest BCUT2D eigenvalue weighted by Crippen LogP contribution is -2.26.